The summed E-state index contributed by atoms with van der Waals surface area (Å²) in [5.74, 6) is 1.01. The van der Waals surface area contributed by atoms with Crippen LogP contribution in [0.4, 0.5) is 0 Å². The number of hydrogen-bond donors (Lipinski definition) is 0. The fourth-order valence-electron chi connectivity index (χ4n) is 2.20. The van der Waals surface area contributed by atoms with Gasteiger partial charge in [0, 0.05) is 20.0 Å². The molecule has 4 nitrogen and oxygen atoms in total. The van der Waals surface area contributed by atoms with E-state index in [1.165, 1.54) is 0 Å². The van der Waals surface area contributed by atoms with Crippen LogP contribution >= 0.6 is 0 Å². The van der Waals surface area contributed by atoms with E-state index in [9.17, 15) is 4.79 Å². The third-order valence-corrected chi connectivity index (χ3v) is 3.62. The van der Waals surface area contributed by atoms with E-state index in [1.807, 2.05) is 25.2 Å². The molecule has 0 saturated heterocycles. The van der Waals surface area contributed by atoms with Gasteiger partial charge in [-0.2, -0.15) is 0 Å². The topological polar surface area (TPSA) is 38.1 Å². The number of benzene rings is 1. The summed E-state index contributed by atoms with van der Waals surface area (Å²) >= 11 is 0. The fraction of sp³-hybridized carbons (Fsp3) is 0.467. The highest BCUT2D eigenvalue weighted by atomic mass is 16.2. The Hall–Kier alpha value is -1.84. The SMILES string of the molecule is CC[C@H](C)n1c(CN(C)C(C)=O)nc2ccccc21. The van der Waals surface area contributed by atoms with Gasteiger partial charge in [-0.3, -0.25) is 4.79 Å². The molecule has 0 aliphatic carbocycles. The van der Waals surface area contributed by atoms with Crippen molar-refractivity contribution < 1.29 is 4.79 Å². The molecule has 0 fully saturated rings. The number of amides is 1. The first-order valence-electron chi connectivity index (χ1n) is 6.72. The smallest absolute Gasteiger partial charge is 0.219 e. The number of carbonyl (C=O) groups is 1. The molecule has 0 N–H and O–H groups in total. The zero-order valence-electron chi connectivity index (χ0n) is 12.1. The van der Waals surface area contributed by atoms with E-state index in [4.69, 9.17) is 0 Å². The summed E-state index contributed by atoms with van der Waals surface area (Å²) in [4.78, 5) is 17.8. The van der Waals surface area contributed by atoms with Crippen molar-refractivity contribution in [2.24, 2.45) is 0 Å². The molecule has 19 heavy (non-hydrogen) atoms. The van der Waals surface area contributed by atoms with Crippen LogP contribution in [-0.4, -0.2) is 27.4 Å². The summed E-state index contributed by atoms with van der Waals surface area (Å²) in [5.41, 5.74) is 2.14. The van der Waals surface area contributed by atoms with E-state index in [-0.39, 0.29) is 5.91 Å². The van der Waals surface area contributed by atoms with Crippen LogP contribution in [0.15, 0.2) is 24.3 Å². The van der Waals surface area contributed by atoms with Gasteiger partial charge in [-0.15, -0.1) is 0 Å². The molecule has 2 aromatic rings. The Kier molecular flexibility index (Phi) is 3.88. The molecule has 0 aliphatic heterocycles. The molecule has 0 bridgehead atoms. The van der Waals surface area contributed by atoms with Crippen molar-refractivity contribution in [3.8, 4) is 0 Å². The Morgan fingerprint density at radius 1 is 1.42 bits per heavy atom. The number of carbonyl (C=O) groups excluding carboxylic acids is 1. The van der Waals surface area contributed by atoms with Gasteiger partial charge >= 0.3 is 0 Å². The second-order valence-electron chi connectivity index (χ2n) is 5.02. The highest BCUT2D eigenvalue weighted by Gasteiger charge is 2.16. The van der Waals surface area contributed by atoms with Gasteiger partial charge in [0.2, 0.25) is 5.91 Å². The van der Waals surface area contributed by atoms with Gasteiger partial charge in [-0.1, -0.05) is 19.1 Å². The second kappa shape index (κ2) is 5.43. The van der Waals surface area contributed by atoms with Gasteiger partial charge in [0.1, 0.15) is 5.82 Å². The summed E-state index contributed by atoms with van der Waals surface area (Å²) in [5, 5.41) is 0. The van der Waals surface area contributed by atoms with Crippen molar-refractivity contribution in [1.82, 2.24) is 14.5 Å². The molecular weight excluding hydrogens is 238 g/mol. The van der Waals surface area contributed by atoms with Crippen molar-refractivity contribution in [3.63, 3.8) is 0 Å². The fourth-order valence-corrected chi connectivity index (χ4v) is 2.20. The lowest BCUT2D eigenvalue weighted by Gasteiger charge is -2.19. The molecule has 0 unspecified atom stereocenters. The summed E-state index contributed by atoms with van der Waals surface area (Å²) in [7, 11) is 1.81. The molecule has 1 aromatic carbocycles. The lowest BCUT2D eigenvalue weighted by Crippen LogP contribution is -2.25. The largest absolute Gasteiger partial charge is 0.339 e. The standard InChI is InChI=1S/C15H21N3O/c1-5-11(2)18-14-9-7-6-8-13(14)16-15(18)10-17(4)12(3)19/h6-9,11H,5,10H2,1-4H3/t11-/m0/s1. The number of aromatic nitrogens is 2. The molecule has 2 rings (SSSR count). The predicted molar refractivity (Wildman–Crippen MR) is 76.9 cm³/mol. The first kappa shape index (κ1) is 13.6. The van der Waals surface area contributed by atoms with Gasteiger partial charge in [0.25, 0.3) is 0 Å². The summed E-state index contributed by atoms with van der Waals surface area (Å²) < 4.78 is 2.24. The van der Waals surface area contributed by atoms with E-state index < -0.39 is 0 Å². The van der Waals surface area contributed by atoms with Crippen LogP contribution in [0.5, 0.6) is 0 Å². The average Bonchev–Trinajstić information content (AvgIpc) is 2.75. The van der Waals surface area contributed by atoms with Gasteiger partial charge in [0.15, 0.2) is 0 Å². The van der Waals surface area contributed by atoms with Crippen LogP contribution in [0.3, 0.4) is 0 Å². The van der Waals surface area contributed by atoms with Crippen LogP contribution in [0.2, 0.25) is 0 Å². The van der Waals surface area contributed by atoms with E-state index in [1.54, 1.807) is 11.8 Å². The molecule has 4 heteroatoms. The number of para-hydroxylation sites is 2. The van der Waals surface area contributed by atoms with Gasteiger partial charge in [-0.25, -0.2) is 4.98 Å². The minimum Gasteiger partial charge on any atom is -0.339 e. The zero-order valence-corrected chi connectivity index (χ0v) is 12.1. The maximum Gasteiger partial charge on any atom is 0.219 e. The van der Waals surface area contributed by atoms with Crippen molar-refractivity contribution in [1.29, 1.82) is 0 Å². The maximum atomic E-state index is 11.4. The Labute approximate surface area is 114 Å². The Balaban J connectivity index is 2.49. The normalized spacial score (nSPS) is 12.6. The molecule has 0 radical (unpaired) electrons. The molecular formula is C15H21N3O. The van der Waals surface area contributed by atoms with Crippen LogP contribution < -0.4 is 0 Å². The molecule has 0 aliphatic rings. The number of imidazole rings is 1. The quantitative estimate of drug-likeness (QED) is 0.846. The van der Waals surface area contributed by atoms with Crippen LogP contribution in [0.1, 0.15) is 39.1 Å². The van der Waals surface area contributed by atoms with Crippen molar-refractivity contribution in [2.75, 3.05) is 7.05 Å². The van der Waals surface area contributed by atoms with E-state index in [0.29, 0.717) is 12.6 Å². The lowest BCUT2D eigenvalue weighted by atomic mass is 10.2. The monoisotopic (exact) mass is 259 g/mol. The minimum atomic E-state index is 0.0581. The van der Waals surface area contributed by atoms with Crippen molar-refractivity contribution >= 4 is 16.9 Å². The molecule has 1 aromatic heterocycles. The van der Waals surface area contributed by atoms with E-state index >= 15 is 0 Å². The summed E-state index contributed by atoms with van der Waals surface area (Å²) in [6.45, 7) is 6.48. The second-order valence-corrected chi connectivity index (χ2v) is 5.02. The van der Waals surface area contributed by atoms with E-state index in [2.05, 4.69) is 29.5 Å². The molecule has 1 amide bonds. The van der Waals surface area contributed by atoms with E-state index in [0.717, 1.165) is 23.3 Å². The summed E-state index contributed by atoms with van der Waals surface area (Å²) in [6, 6.07) is 8.51. The zero-order chi connectivity index (χ0) is 14.0. The first-order valence-corrected chi connectivity index (χ1v) is 6.72. The van der Waals surface area contributed by atoms with Gasteiger partial charge < -0.3 is 9.47 Å². The van der Waals surface area contributed by atoms with Gasteiger partial charge in [0.05, 0.1) is 17.6 Å². The molecule has 0 saturated carbocycles. The number of rotatable bonds is 4. The van der Waals surface area contributed by atoms with Crippen LogP contribution in [0, 0.1) is 0 Å². The number of hydrogen-bond acceptors (Lipinski definition) is 2. The first-order chi connectivity index (χ1) is 9.04. The molecule has 1 heterocycles. The Bertz CT molecular complexity index is 588. The highest BCUT2D eigenvalue weighted by Crippen LogP contribution is 2.23. The summed E-state index contributed by atoms with van der Waals surface area (Å²) in [6.07, 6.45) is 1.04. The number of nitrogens with zero attached hydrogens (tertiary/aromatic N) is 3. The van der Waals surface area contributed by atoms with Crippen LogP contribution in [-0.2, 0) is 11.3 Å². The third-order valence-electron chi connectivity index (χ3n) is 3.62. The molecule has 0 spiro atoms. The van der Waals surface area contributed by atoms with Crippen LogP contribution in [0.25, 0.3) is 11.0 Å². The molecule has 1 atom stereocenters. The van der Waals surface area contributed by atoms with Gasteiger partial charge in [-0.05, 0) is 25.5 Å². The Morgan fingerprint density at radius 2 is 2.11 bits per heavy atom. The Morgan fingerprint density at radius 3 is 2.74 bits per heavy atom. The maximum absolute atomic E-state index is 11.4. The van der Waals surface area contributed by atoms with Crippen molar-refractivity contribution in [3.05, 3.63) is 30.1 Å². The highest BCUT2D eigenvalue weighted by molar-refractivity contribution is 5.76. The molecule has 102 valence electrons. The average molecular weight is 259 g/mol. The predicted octanol–water partition coefficient (Wildman–Crippen LogP) is 2.99. The number of fused-ring (bicyclic) bond motifs is 1. The van der Waals surface area contributed by atoms with Crippen molar-refractivity contribution in [2.45, 2.75) is 39.8 Å². The third kappa shape index (κ3) is 2.62. The lowest BCUT2D eigenvalue weighted by molar-refractivity contribution is -0.128. The minimum absolute atomic E-state index is 0.0581.